The van der Waals surface area contributed by atoms with Crippen LogP contribution in [0.1, 0.15) is 77.6 Å². The molecule has 0 heterocycles. The third kappa shape index (κ3) is 2.80. The van der Waals surface area contributed by atoms with Crippen LogP contribution in [0.3, 0.4) is 0 Å². The van der Waals surface area contributed by atoms with E-state index in [0.29, 0.717) is 0 Å². The molecule has 0 amide bonds. The summed E-state index contributed by atoms with van der Waals surface area (Å²) < 4.78 is 0. The Balaban J connectivity index is 1.51. The van der Waals surface area contributed by atoms with E-state index in [-0.39, 0.29) is 0 Å². The van der Waals surface area contributed by atoms with Gasteiger partial charge in [-0.25, -0.2) is 0 Å². The molecule has 1 nitrogen and oxygen atoms in total. The van der Waals surface area contributed by atoms with Gasteiger partial charge >= 0.3 is 0 Å². The monoisotopic (exact) mass is 289 g/mol. The standard InChI is InChI=1S/C20H35N/c1-2-8-21-20(16-6-4-3-5-7-16)19-17-10-14-9-15(12-17)13-18(19)11-14/h14-21H,2-13H2,1H3. The normalized spacial score (nSPS) is 44.1. The molecule has 1 heteroatoms. The van der Waals surface area contributed by atoms with Crippen molar-refractivity contribution in [3.05, 3.63) is 0 Å². The van der Waals surface area contributed by atoms with E-state index in [1.54, 1.807) is 32.1 Å². The van der Waals surface area contributed by atoms with E-state index in [4.69, 9.17) is 0 Å². The molecule has 0 radical (unpaired) electrons. The number of nitrogens with one attached hydrogen (secondary N) is 1. The summed E-state index contributed by atoms with van der Waals surface area (Å²) >= 11 is 0. The highest BCUT2D eigenvalue weighted by Crippen LogP contribution is 2.58. The Kier molecular flexibility index (Phi) is 4.31. The first kappa shape index (κ1) is 14.5. The molecule has 120 valence electrons. The second-order valence-electron chi connectivity index (χ2n) is 8.89. The molecule has 0 aromatic heterocycles. The quantitative estimate of drug-likeness (QED) is 0.750. The molecule has 5 saturated carbocycles. The van der Waals surface area contributed by atoms with Crippen molar-refractivity contribution >= 4 is 0 Å². The topological polar surface area (TPSA) is 12.0 Å². The van der Waals surface area contributed by atoms with Crippen molar-refractivity contribution in [3.8, 4) is 0 Å². The highest BCUT2D eigenvalue weighted by molar-refractivity contribution is 5.03. The molecule has 5 aliphatic rings. The van der Waals surface area contributed by atoms with E-state index in [0.717, 1.165) is 41.5 Å². The van der Waals surface area contributed by atoms with Crippen LogP contribution >= 0.6 is 0 Å². The smallest absolute Gasteiger partial charge is 0.0129 e. The molecule has 21 heavy (non-hydrogen) atoms. The van der Waals surface area contributed by atoms with Crippen molar-refractivity contribution in [1.29, 1.82) is 0 Å². The van der Waals surface area contributed by atoms with Crippen LogP contribution in [0.2, 0.25) is 0 Å². The molecule has 1 unspecified atom stereocenters. The molecule has 4 bridgehead atoms. The minimum Gasteiger partial charge on any atom is -0.313 e. The first-order valence-electron chi connectivity index (χ1n) is 10.1. The minimum atomic E-state index is 0.875. The van der Waals surface area contributed by atoms with E-state index < -0.39 is 0 Å². The average Bonchev–Trinajstić information content (AvgIpc) is 2.50. The third-order valence-electron chi connectivity index (χ3n) is 7.50. The predicted molar refractivity (Wildman–Crippen MR) is 89.2 cm³/mol. The highest BCUT2D eigenvalue weighted by atomic mass is 14.9. The van der Waals surface area contributed by atoms with Crippen LogP contribution in [0.25, 0.3) is 0 Å². The van der Waals surface area contributed by atoms with Gasteiger partial charge in [-0.1, -0.05) is 26.2 Å². The summed E-state index contributed by atoms with van der Waals surface area (Å²) in [6, 6.07) is 0.875. The number of rotatable bonds is 5. The summed E-state index contributed by atoms with van der Waals surface area (Å²) in [5, 5.41) is 4.07. The molecule has 0 aliphatic heterocycles. The maximum Gasteiger partial charge on any atom is 0.0129 e. The summed E-state index contributed by atoms with van der Waals surface area (Å²) in [7, 11) is 0. The van der Waals surface area contributed by atoms with Crippen molar-refractivity contribution in [2.24, 2.45) is 35.5 Å². The van der Waals surface area contributed by atoms with Gasteiger partial charge in [-0.15, -0.1) is 0 Å². The lowest BCUT2D eigenvalue weighted by molar-refractivity contribution is -0.0630. The van der Waals surface area contributed by atoms with Gasteiger partial charge in [0.05, 0.1) is 0 Å². The zero-order valence-corrected chi connectivity index (χ0v) is 14.0. The Bertz CT molecular complexity index is 316. The molecule has 1 N–H and O–H groups in total. The fourth-order valence-corrected chi connectivity index (χ4v) is 6.97. The molecule has 5 aliphatic carbocycles. The van der Waals surface area contributed by atoms with Gasteiger partial charge in [0.1, 0.15) is 0 Å². The largest absolute Gasteiger partial charge is 0.313 e. The van der Waals surface area contributed by atoms with Crippen LogP contribution in [-0.4, -0.2) is 12.6 Å². The summed E-state index contributed by atoms with van der Waals surface area (Å²) in [6.07, 6.45) is 16.8. The minimum absolute atomic E-state index is 0.875. The lowest BCUT2D eigenvalue weighted by Gasteiger charge is -2.57. The summed E-state index contributed by atoms with van der Waals surface area (Å²) in [4.78, 5) is 0. The van der Waals surface area contributed by atoms with Gasteiger partial charge in [-0.05, 0) is 93.4 Å². The maximum absolute atomic E-state index is 4.07. The average molecular weight is 290 g/mol. The zero-order chi connectivity index (χ0) is 14.2. The summed E-state index contributed by atoms with van der Waals surface area (Å²) in [5.41, 5.74) is 0. The van der Waals surface area contributed by atoms with Crippen molar-refractivity contribution in [2.75, 3.05) is 6.54 Å². The Labute approximate surface area is 131 Å². The summed E-state index contributed by atoms with van der Waals surface area (Å²) in [5.74, 6) is 6.50. The van der Waals surface area contributed by atoms with Crippen molar-refractivity contribution in [1.82, 2.24) is 5.32 Å². The molecule has 1 atom stereocenters. The van der Waals surface area contributed by atoms with Crippen LogP contribution in [0, 0.1) is 35.5 Å². The molecule has 0 aromatic rings. The van der Waals surface area contributed by atoms with Crippen LogP contribution < -0.4 is 5.32 Å². The Morgan fingerprint density at radius 3 is 2.05 bits per heavy atom. The lowest BCUT2D eigenvalue weighted by atomic mass is 9.49. The fraction of sp³-hybridized carbons (Fsp3) is 1.00. The second kappa shape index (κ2) is 6.22. The molecule has 0 saturated heterocycles. The van der Waals surface area contributed by atoms with Crippen LogP contribution in [0.15, 0.2) is 0 Å². The van der Waals surface area contributed by atoms with Gasteiger partial charge in [-0.2, -0.15) is 0 Å². The predicted octanol–water partition coefficient (Wildman–Crippen LogP) is 5.01. The zero-order valence-electron chi connectivity index (χ0n) is 14.0. The SMILES string of the molecule is CCCNC(C1CCCCC1)C1C2CC3CC(C2)CC1C3. The second-order valence-corrected chi connectivity index (χ2v) is 8.89. The molecular formula is C20H35N. The summed E-state index contributed by atoms with van der Waals surface area (Å²) in [6.45, 7) is 3.59. The Morgan fingerprint density at radius 2 is 1.48 bits per heavy atom. The van der Waals surface area contributed by atoms with Crippen molar-refractivity contribution in [3.63, 3.8) is 0 Å². The van der Waals surface area contributed by atoms with Gasteiger partial charge < -0.3 is 5.32 Å². The van der Waals surface area contributed by atoms with Gasteiger partial charge in [0.15, 0.2) is 0 Å². The number of hydrogen-bond acceptors (Lipinski definition) is 1. The van der Waals surface area contributed by atoms with Crippen LogP contribution in [0.5, 0.6) is 0 Å². The van der Waals surface area contributed by atoms with Gasteiger partial charge in [0.25, 0.3) is 0 Å². The molecule has 5 rings (SSSR count). The van der Waals surface area contributed by atoms with E-state index in [9.17, 15) is 0 Å². The van der Waals surface area contributed by atoms with Crippen molar-refractivity contribution in [2.45, 2.75) is 83.6 Å². The van der Waals surface area contributed by atoms with Gasteiger partial charge in [0.2, 0.25) is 0 Å². The fourth-order valence-electron chi connectivity index (χ4n) is 6.97. The van der Waals surface area contributed by atoms with Gasteiger partial charge in [0, 0.05) is 6.04 Å². The van der Waals surface area contributed by atoms with Gasteiger partial charge in [-0.3, -0.25) is 0 Å². The first-order chi connectivity index (χ1) is 10.3. The maximum atomic E-state index is 4.07. The lowest BCUT2D eigenvalue weighted by Crippen LogP contribution is -2.55. The highest BCUT2D eigenvalue weighted by Gasteiger charge is 2.51. The number of hydrogen-bond donors (Lipinski definition) is 1. The third-order valence-corrected chi connectivity index (χ3v) is 7.50. The van der Waals surface area contributed by atoms with Crippen molar-refractivity contribution < 1.29 is 0 Å². The van der Waals surface area contributed by atoms with Crippen LogP contribution in [-0.2, 0) is 0 Å². The first-order valence-corrected chi connectivity index (χ1v) is 10.1. The van der Waals surface area contributed by atoms with E-state index in [2.05, 4.69) is 12.2 Å². The van der Waals surface area contributed by atoms with E-state index >= 15 is 0 Å². The molecular weight excluding hydrogens is 254 g/mol. The molecule has 0 spiro atoms. The van der Waals surface area contributed by atoms with Crippen LogP contribution in [0.4, 0.5) is 0 Å². The molecule has 0 aromatic carbocycles. The Morgan fingerprint density at radius 1 is 0.857 bits per heavy atom. The van der Waals surface area contributed by atoms with E-state index in [1.165, 1.54) is 45.1 Å². The Hall–Kier alpha value is -0.0400. The van der Waals surface area contributed by atoms with E-state index in [1.807, 2.05) is 0 Å². The molecule has 5 fully saturated rings.